The van der Waals surface area contributed by atoms with Crippen molar-refractivity contribution in [3.8, 4) is 11.4 Å². The third-order valence-electron chi connectivity index (χ3n) is 6.17. The number of hydrogen-bond donors (Lipinski definition) is 0. The highest BCUT2D eigenvalue weighted by Gasteiger charge is 2.37. The predicted octanol–water partition coefficient (Wildman–Crippen LogP) is 4.56. The molecule has 2 aromatic carbocycles. The van der Waals surface area contributed by atoms with E-state index in [1.54, 1.807) is 25.6 Å². The van der Waals surface area contributed by atoms with E-state index >= 15 is 0 Å². The van der Waals surface area contributed by atoms with Crippen LogP contribution in [0.3, 0.4) is 0 Å². The molecule has 0 spiro atoms. The molecule has 0 N–H and O–H groups in total. The lowest BCUT2D eigenvalue weighted by molar-refractivity contribution is -0.120. The summed E-state index contributed by atoms with van der Waals surface area (Å²) in [6, 6.07) is 11.7. The molecule has 1 fully saturated rings. The maximum atomic E-state index is 13.5. The maximum Gasteiger partial charge on any atom is 0.272 e. The van der Waals surface area contributed by atoms with E-state index in [9.17, 15) is 9.18 Å². The maximum absolute atomic E-state index is 13.5. The molecule has 7 nitrogen and oxygen atoms in total. The zero-order chi connectivity index (χ0) is 23.8. The highest BCUT2D eigenvalue weighted by atomic mass is 19.1. The number of halogens is 1. The Hall–Kier alpha value is -3.94. The van der Waals surface area contributed by atoms with Crippen molar-refractivity contribution in [3.05, 3.63) is 77.6 Å². The van der Waals surface area contributed by atoms with Crippen molar-refractivity contribution in [2.75, 3.05) is 18.7 Å². The molecular formula is C26H26FN5O2. The van der Waals surface area contributed by atoms with Crippen LogP contribution >= 0.6 is 0 Å². The summed E-state index contributed by atoms with van der Waals surface area (Å²) in [5.41, 5.74) is 4.52. The van der Waals surface area contributed by atoms with E-state index in [2.05, 4.69) is 16.1 Å². The molecule has 1 amide bonds. The molecule has 0 radical (unpaired) electrons. The summed E-state index contributed by atoms with van der Waals surface area (Å²) >= 11 is 0. The minimum atomic E-state index is -0.466. The minimum absolute atomic E-state index is 0.216. The first kappa shape index (κ1) is 21.9. The first-order chi connectivity index (χ1) is 16.4. The van der Waals surface area contributed by atoms with Crippen LogP contribution in [0.5, 0.6) is 5.75 Å². The van der Waals surface area contributed by atoms with Gasteiger partial charge in [0.1, 0.15) is 17.6 Å². The molecule has 3 heterocycles. The van der Waals surface area contributed by atoms with Crippen molar-refractivity contribution in [2.24, 2.45) is 4.99 Å². The number of aliphatic imine (C=N–C) groups is 1. The number of benzene rings is 2. The second kappa shape index (κ2) is 8.78. The quantitative estimate of drug-likeness (QED) is 0.573. The summed E-state index contributed by atoms with van der Waals surface area (Å²) < 4.78 is 21.1. The van der Waals surface area contributed by atoms with Crippen LogP contribution in [0.2, 0.25) is 0 Å². The second-order valence-corrected chi connectivity index (χ2v) is 8.52. The van der Waals surface area contributed by atoms with Crippen LogP contribution in [0.15, 0.2) is 65.6 Å². The number of nitrogens with zero attached hydrogens (tertiary/aromatic N) is 5. The Balaban J connectivity index is 1.51. The summed E-state index contributed by atoms with van der Waals surface area (Å²) in [7, 11) is 1.65. The van der Waals surface area contributed by atoms with Gasteiger partial charge < -0.3 is 9.30 Å². The average Bonchev–Trinajstić information content (AvgIpc) is 3.27. The summed E-state index contributed by atoms with van der Waals surface area (Å²) in [6.45, 7) is 4.50. The molecular weight excluding hydrogens is 433 g/mol. The lowest BCUT2D eigenvalue weighted by Gasteiger charge is -2.46. The van der Waals surface area contributed by atoms with Gasteiger partial charge in [-0.2, -0.15) is 4.99 Å². The van der Waals surface area contributed by atoms with Crippen molar-refractivity contribution in [2.45, 2.75) is 32.7 Å². The number of anilines is 1. The van der Waals surface area contributed by atoms with Gasteiger partial charge in [0.05, 0.1) is 30.5 Å². The second-order valence-electron chi connectivity index (χ2n) is 8.52. The number of carbonyl (C=O) groups is 1. The Bertz CT molecular complexity index is 1290. The fraction of sp³-hybridized carbons (Fsp3) is 0.269. The summed E-state index contributed by atoms with van der Waals surface area (Å²) in [6.07, 6.45) is 7.48. The number of aryl methyl sites for hydroxylation is 1. The molecule has 2 aliphatic heterocycles. The Morgan fingerprint density at radius 1 is 1.18 bits per heavy atom. The van der Waals surface area contributed by atoms with Crippen molar-refractivity contribution in [3.63, 3.8) is 0 Å². The van der Waals surface area contributed by atoms with E-state index < -0.39 is 6.04 Å². The number of aromatic nitrogens is 2. The zero-order valence-electron chi connectivity index (χ0n) is 19.4. The lowest BCUT2D eigenvalue weighted by Crippen LogP contribution is -2.59. The van der Waals surface area contributed by atoms with Crippen LogP contribution < -0.4 is 9.75 Å². The minimum Gasteiger partial charge on any atom is -0.495 e. The van der Waals surface area contributed by atoms with E-state index in [4.69, 9.17) is 4.74 Å². The fourth-order valence-electron chi connectivity index (χ4n) is 4.50. The van der Waals surface area contributed by atoms with Crippen LogP contribution in [0, 0.1) is 12.7 Å². The standard InChI is InChI=1S/C26H26FN5O2/c1-17-15-30(16-28-17)23-11-6-19(14-24(23)34-3)13-20-5-4-12-31-25(20)29-26(33)18(2)32(31)22-9-7-21(27)8-10-22/h6-11,13-16,18H,4-5,12H2,1-3H3/b20-13+. The van der Waals surface area contributed by atoms with Gasteiger partial charge in [0.15, 0.2) is 5.84 Å². The highest BCUT2D eigenvalue weighted by Crippen LogP contribution is 2.32. The third-order valence-corrected chi connectivity index (χ3v) is 6.17. The molecule has 1 saturated heterocycles. The molecule has 0 saturated carbocycles. The van der Waals surface area contributed by atoms with Gasteiger partial charge in [-0.25, -0.2) is 9.37 Å². The largest absolute Gasteiger partial charge is 0.495 e. The first-order valence-electron chi connectivity index (χ1n) is 11.3. The number of hydrazine groups is 1. The molecule has 2 aliphatic rings. The third kappa shape index (κ3) is 3.96. The molecule has 174 valence electrons. The van der Waals surface area contributed by atoms with Crippen LogP contribution in [-0.2, 0) is 4.79 Å². The van der Waals surface area contributed by atoms with Crippen molar-refractivity contribution in [1.82, 2.24) is 14.6 Å². The first-order valence-corrected chi connectivity index (χ1v) is 11.3. The Labute approximate surface area is 197 Å². The van der Waals surface area contributed by atoms with Gasteiger partial charge in [0, 0.05) is 12.7 Å². The molecule has 0 bridgehead atoms. The Morgan fingerprint density at radius 3 is 2.68 bits per heavy atom. The van der Waals surface area contributed by atoms with E-state index in [0.717, 1.165) is 53.3 Å². The number of amides is 1. The van der Waals surface area contributed by atoms with Crippen LogP contribution in [0.4, 0.5) is 10.1 Å². The van der Waals surface area contributed by atoms with E-state index in [-0.39, 0.29) is 11.7 Å². The SMILES string of the molecule is COc1cc(/C=C2\CCCN3C2=NC(=O)C(C)N3c2ccc(F)cc2)ccc1-n1cnc(C)c1. The highest BCUT2D eigenvalue weighted by molar-refractivity contribution is 6.11. The zero-order valence-corrected chi connectivity index (χ0v) is 19.4. The van der Waals surface area contributed by atoms with Gasteiger partial charge in [0.2, 0.25) is 0 Å². The number of carbonyl (C=O) groups excluding carboxylic acids is 1. The van der Waals surface area contributed by atoms with Gasteiger partial charge in [-0.1, -0.05) is 6.07 Å². The van der Waals surface area contributed by atoms with Crippen LogP contribution in [0.25, 0.3) is 11.8 Å². The summed E-state index contributed by atoms with van der Waals surface area (Å²) in [4.78, 5) is 21.6. The van der Waals surface area contributed by atoms with Gasteiger partial charge in [0.25, 0.3) is 5.91 Å². The fourth-order valence-corrected chi connectivity index (χ4v) is 4.50. The van der Waals surface area contributed by atoms with Crippen molar-refractivity contribution in [1.29, 1.82) is 0 Å². The van der Waals surface area contributed by atoms with E-state index in [0.29, 0.717) is 5.84 Å². The van der Waals surface area contributed by atoms with Gasteiger partial charge >= 0.3 is 0 Å². The number of methoxy groups -OCH3 is 1. The molecule has 8 heteroatoms. The topological polar surface area (TPSA) is 63.0 Å². The molecule has 1 aromatic heterocycles. The predicted molar refractivity (Wildman–Crippen MR) is 130 cm³/mol. The van der Waals surface area contributed by atoms with Gasteiger partial charge in [-0.05, 0) is 80.3 Å². The van der Waals surface area contributed by atoms with E-state index in [1.165, 1.54) is 12.1 Å². The van der Waals surface area contributed by atoms with Crippen molar-refractivity contribution >= 4 is 23.5 Å². The van der Waals surface area contributed by atoms with Crippen LogP contribution in [0.1, 0.15) is 31.0 Å². The molecule has 1 atom stereocenters. The number of fused-ring (bicyclic) bond motifs is 1. The smallest absolute Gasteiger partial charge is 0.272 e. The number of amidine groups is 1. The monoisotopic (exact) mass is 459 g/mol. The molecule has 5 rings (SSSR count). The van der Waals surface area contributed by atoms with Crippen LogP contribution in [-0.4, -0.2) is 46.0 Å². The number of imidazole rings is 1. The number of rotatable bonds is 4. The average molecular weight is 460 g/mol. The Morgan fingerprint density at radius 2 is 1.97 bits per heavy atom. The number of ether oxygens (including phenoxy) is 1. The Kier molecular flexibility index (Phi) is 5.65. The van der Waals surface area contributed by atoms with Gasteiger partial charge in [-0.3, -0.25) is 14.8 Å². The molecule has 1 unspecified atom stereocenters. The molecule has 34 heavy (non-hydrogen) atoms. The molecule has 0 aliphatic carbocycles. The molecule has 3 aromatic rings. The summed E-state index contributed by atoms with van der Waals surface area (Å²) in [5, 5.41) is 3.96. The summed E-state index contributed by atoms with van der Waals surface area (Å²) in [5.74, 6) is 0.845. The number of hydrogen-bond acceptors (Lipinski definition) is 5. The van der Waals surface area contributed by atoms with Gasteiger partial charge in [-0.15, -0.1) is 0 Å². The normalized spacial score (nSPS) is 19.3. The van der Waals surface area contributed by atoms with E-state index in [1.807, 2.05) is 52.8 Å². The number of piperidine rings is 1. The van der Waals surface area contributed by atoms with Crippen molar-refractivity contribution < 1.29 is 13.9 Å². The lowest BCUT2D eigenvalue weighted by atomic mass is 9.99.